The van der Waals surface area contributed by atoms with Crippen molar-refractivity contribution in [3.05, 3.63) is 11.5 Å². The average Bonchev–Trinajstić information content (AvgIpc) is 2.67. The Bertz CT molecular complexity index is 639. The smallest absolute Gasteiger partial charge is 0.302 e. The fourth-order valence-corrected chi connectivity index (χ4v) is 3.08. The fraction of sp³-hybridized carbons (Fsp3) is 0.500. The van der Waals surface area contributed by atoms with Gasteiger partial charge in [-0.3, -0.25) is 9.69 Å². The first-order chi connectivity index (χ1) is 9.31. The van der Waals surface area contributed by atoms with Crippen LogP contribution in [-0.2, 0) is 15.0 Å². The van der Waals surface area contributed by atoms with Crippen LogP contribution in [0.5, 0.6) is 5.75 Å². The molecule has 0 saturated carbocycles. The van der Waals surface area contributed by atoms with Crippen LogP contribution in [0.15, 0.2) is 6.33 Å². The van der Waals surface area contributed by atoms with Gasteiger partial charge < -0.3 is 4.74 Å². The monoisotopic (exact) mass is 323 g/mol. The first-order valence-electron chi connectivity index (χ1n) is 5.59. The number of ether oxygens (including phenoxy) is 1. The van der Waals surface area contributed by atoms with Gasteiger partial charge in [-0.2, -0.15) is 8.42 Å². The van der Waals surface area contributed by atoms with Crippen LogP contribution in [0, 0.1) is 5.92 Å². The molecule has 10 heteroatoms. The topological polar surface area (TPSA) is 89.5 Å². The number of hydrogen-bond acceptors (Lipinski definition) is 6. The Labute approximate surface area is 119 Å². The summed E-state index contributed by atoms with van der Waals surface area (Å²) in [6, 6.07) is 0. The van der Waals surface area contributed by atoms with E-state index in [-0.39, 0.29) is 35.6 Å². The van der Waals surface area contributed by atoms with Crippen LogP contribution in [-0.4, -0.2) is 43.7 Å². The molecule has 0 radical (unpaired) electrons. The van der Waals surface area contributed by atoms with E-state index in [0.29, 0.717) is 0 Å². The number of aromatic nitrogens is 2. The van der Waals surface area contributed by atoms with Crippen molar-refractivity contribution < 1.29 is 21.8 Å². The first-order valence-corrected chi connectivity index (χ1v) is 7.52. The highest BCUT2D eigenvalue weighted by Crippen LogP contribution is 2.35. The number of methoxy groups -OCH3 is 1. The molecule has 0 aromatic carbocycles. The molecule has 2 heterocycles. The number of rotatable bonds is 4. The summed E-state index contributed by atoms with van der Waals surface area (Å²) in [6.07, 6.45) is 1.08. The quantitative estimate of drug-likeness (QED) is 0.601. The Balaban J connectivity index is 2.27. The number of hydrogen-bond donors (Lipinski definition) is 0. The molecule has 2 rings (SSSR count). The molecule has 1 unspecified atom stereocenters. The van der Waals surface area contributed by atoms with Gasteiger partial charge in [-0.05, 0) is 0 Å². The Morgan fingerprint density at radius 3 is 2.85 bits per heavy atom. The minimum atomic E-state index is -4.63. The van der Waals surface area contributed by atoms with Crippen LogP contribution in [0.2, 0.25) is 5.15 Å². The predicted octanol–water partition coefficient (Wildman–Crippen LogP) is 0.791. The number of amides is 1. The Morgan fingerprint density at radius 2 is 2.25 bits per heavy atom. The van der Waals surface area contributed by atoms with Gasteiger partial charge in [0.2, 0.25) is 5.91 Å². The van der Waals surface area contributed by atoms with Crippen molar-refractivity contribution in [2.75, 3.05) is 24.3 Å². The molecule has 0 aliphatic carbocycles. The molecule has 1 aliphatic heterocycles. The van der Waals surface area contributed by atoms with E-state index in [4.69, 9.17) is 16.3 Å². The molecular formula is C10H11ClFN3O4S. The summed E-state index contributed by atoms with van der Waals surface area (Å²) in [5, 5.41) is 0.0341. The Kier molecular flexibility index (Phi) is 4.09. The second-order valence-corrected chi connectivity index (χ2v) is 6.07. The van der Waals surface area contributed by atoms with E-state index in [0.717, 1.165) is 6.33 Å². The summed E-state index contributed by atoms with van der Waals surface area (Å²) in [7, 11) is -3.28. The minimum absolute atomic E-state index is 0.0334. The number of anilines is 1. The summed E-state index contributed by atoms with van der Waals surface area (Å²) in [6.45, 7) is 0.0334. The molecule has 7 nitrogen and oxygen atoms in total. The highest BCUT2D eigenvalue weighted by Gasteiger charge is 2.36. The fourth-order valence-electron chi connectivity index (χ4n) is 2.09. The van der Waals surface area contributed by atoms with Crippen molar-refractivity contribution in [2.45, 2.75) is 6.42 Å². The maximum atomic E-state index is 12.7. The van der Waals surface area contributed by atoms with Gasteiger partial charge in [0.25, 0.3) is 0 Å². The molecular weight excluding hydrogens is 313 g/mol. The van der Waals surface area contributed by atoms with Crippen molar-refractivity contribution in [3.8, 4) is 5.75 Å². The normalized spacial score (nSPS) is 19.4. The molecule has 1 saturated heterocycles. The third-order valence-electron chi connectivity index (χ3n) is 2.84. The summed E-state index contributed by atoms with van der Waals surface area (Å²) in [4.78, 5) is 20.8. The lowest BCUT2D eigenvalue weighted by Crippen LogP contribution is -2.27. The molecule has 1 aromatic heterocycles. The summed E-state index contributed by atoms with van der Waals surface area (Å²) >= 11 is 5.83. The van der Waals surface area contributed by atoms with Gasteiger partial charge in [0.05, 0.1) is 12.9 Å². The summed E-state index contributed by atoms with van der Waals surface area (Å²) in [5.41, 5.74) is 0. The van der Waals surface area contributed by atoms with Gasteiger partial charge in [0.1, 0.15) is 6.33 Å². The van der Waals surface area contributed by atoms with Crippen LogP contribution in [0.25, 0.3) is 0 Å². The standard InChI is InChI=1S/C10H11ClFN3O4S/c1-19-8-9(11)13-5-14-10(8)15-3-6(2-7(15)16)4-20(12,17)18/h5-6H,2-4H2,1H3. The SMILES string of the molecule is COc1c(Cl)ncnc1N1CC(CS(=O)(=O)F)CC1=O. The van der Waals surface area contributed by atoms with Crippen molar-refractivity contribution in [1.82, 2.24) is 9.97 Å². The van der Waals surface area contributed by atoms with Gasteiger partial charge in [-0.1, -0.05) is 11.6 Å². The van der Waals surface area contributed by atoms with Gasteiger partial charge >= 0.3 is 10.2 Å². The van der Waals surface area contributed by atoms with Gasteiger partial charge in [0.15, 0.2) is 16.7 Å². The molecule has 1 aliphatic rings. The molecule has 0 spiro atoms. The molecule has 0 N–H and O–H groups in total. The molecule has 1 atom stereocenters. The van der Waals surface area contributed by atoms with E-state index in [9.17, 15) is 17.1 Å². The zero-order chi connectivity index (χ0) is 14.9. The van der Waals surface area contributed by atoms with Gasteiger partial charge in [-0.15, -0.1) is 3.89 Å². The third kappa shape index (κ3) is 3.15. The molecule has 110 valence electrons. The number of carbonyl (C=O) groups is 1. The highest BCUT2D eigenvalue weighted by atomic mass is 35.5. The van der Waals surface area contributed by atoms with E-state index in [2.05, 4.69) is 9.97 Å². The lowest BCUT2D eigenvalue weighted by atomic mass is 10.1. The second-order valence-electron chi connectivity index (χ2n) is 4.30. The van der Waals surface area contributed by atoms with Crippen molar-refractivity contribution in [3.63, 3.8) is 0 Å². The van der Waals surface area contributed by atoms with E-state index in [1.54, 1.807) is 0 Å². The van der Waals surface area contributed by atoms with Crippen molar-refractivity contribution in [2.24, 2.45) is 5.92 Å². The van der Waals surface area contributed by atoms with Crippen LogP contribution >= 0.6 is 11.6 Å². The third-order valence-corrected chi connectivity index (χ3v) is 3.98. The van der Waals surface area contributed by atoms with Crippen LogP contribution in [0.4, 0.5) is 9.70 Å². The van der Waals surface area contributed by atoms with Crippen LogP contribution in [0.3, 0.4) is 0 Å². The van der Waals surface area contributed by atoms with E-state index in [1.165, 1.54) is 12.0 Å². The highest BCUT2D eigenvalue weighted by molar-refractivity contribution is 7.86. The van der Waals surface area contributed by atoms with E-state index in [1.807, 2.05) is 0 Å². The zero-order valence-corrected chi connectivity index (χ0v) is 12.0. The molecule has 0 bridgehead atoms. The number of carbonyl (C=O) groups excluding carboxylic acids is 1. The molecule has 1 amide bonds. The number of halogens is 2. The lowest BCUT2D eigenvalue weighted by Gasteiger charge is -2.18. The molecule has 1 fully saturated rings. The van der Waals surface area contributed by atoms with Gasteiger partial charge in [0, 0.05) is 18.9 Å². The first kappa shape index (κ1) is 14.9. The van der Waals surface area contributed by atoms with Crippen LogP contribution in [0.1, 0.15) is 6.42 Å². The minimum Gasteiger partial charge on any atom is -0.490 e. The van der Waals surface area contributed by atoms with Gasteiger partial charge in [-0.25, -0.2) is 9.97 Å². The average molecular weight is 324 g/mol. The molecule has 1 aromatic rings. The predicted molar refractivity (Wildman–Crippen MR) is 68.9 cm³/mol. The largest absolute Gasteiger partial charge is 0.490 e. The van der Waals surface area contributed by atoms with Crippen molar-refractivity contribution in [1.29, 1.82) is 0 Å². The number of nitrogens with zero attached hydrogens (tertiary/aromatic N) is 3. The lowest BCUT2D eigenvalue weighted by molar-refractivity contribution is -0.117. The Morgan fingerprint density at radius 1 is 1.55 bits per heavy atom. The summed E-state index contributed by atoms with van der Waals surface area (Å²) < 4.78 is 39.0. The van der Waals surface area contributed by atoms with E-state index >= 15 is 0 Å². The summed E-state index contributed by atoms with van der Waals surface area (Å²) in [5.74, 6) is -1.43. The second kappa shape index (κ2) is 5.49. The van der Waals surface area contributed by atoms with Crippen molar-refractivity contribution >= 4 is 33.5 Å². The maximum Gasteiger partial charge on any atom is 0.302 e. The van der Waals surface area contributed by atoms with E-state index < -0.39 is 21.9 Å². The van der Waals surface area contributed by atoms with Crippen LogP contribution < -0.4 is 9.64 Å². The Hall–Kier alpha value is -1.48. The zero-order valence-electron chi connectivity index (χ0n) is 10.4. The maximum absolute atomic E-state index is 12.7. The molecule has 20 heavy (non-hydrogen) atoms.